The Balaban J connectivity index is 0.00000264. The van der Waals surface area contributed by atoms with Crippen molar-refractivity contribution in [2.75, 3.05) is 20.1 Å². The Kier molecular flexibility index (Phi) is 9.25. The molecule has 1 aromatic heterocycles. The van der Waals surface area contributed by atoms with Crippen LogP contribution in [0.5, 0.6) is 0 Å². The van der Waals surface area contributed by atoms with Crippen LogP contribution in [-0.2, 0) is 0 Å². The zero-order chi connectivity index (χ0) is 16.3. The van der Waals surface area contributed by atoms with Gasteiger partial charge in [0.25, 0.3) is 5.91 Å². The first kappa shape index (κ1) is 23.2. The smallest absolute Gasteiger partial charge is 0.273 e. The summed E-state index contributed by atoms with van der Waals surface area (Å²) in [6.45, 7) is 5.20. The van der Waals surface area contributed by atoms with E-state index in [1.807, 2.05) is 38.1 Å². The van der Waals surface area contributed by atoms with Crippen LogP contribution in [0.2, 0.25) is 5.02 Å². The molecule has 0 bridgehead atoms. The van der Waals surface area contributed by atoms with Gasteiger partial charge in [0, 0.05) is 29.6 Å². The van der Waals surface area contributed by atoms with Crippen LogP contribution in [0.1, 0.15) is 24.3 Å². The van der Waals surface area contributed by atoms with Gasteiger partial charge in [-0.1, -0.05) is 37.6 Å². The zero-order valence-corrected chi connectivity index (χ0v) is 17.0. The van der Waals surface area contributed by atoms with Crippen LogP contribution >= 0.6 is 47.8 Å². The molecule has 1 amide bonds. The van der Waals surface area contributed by atoms with Crippen molar-refractivity contribution >= 4 is 53.7 Å². The van der Waals surface area contributed by atoms with Crippen LogP contribution in [0.15, 0.2) is 29.6 Å². The number of hydrogen-bond donors (Lipinski definition) is 1. The van der Waals surface area contributed by atoms with Gasteiger partial charge in [0.15, 0.2) is 0 Å². The minimum atomic E-state index is -0.112. The van der Waals surface area contributed by atoms with Gasteiger partial charge in [-0.3, -0.25) is 4.79 Å². The molecule has 1 aromatic carbocycles. The van der Waals surface area contributed by atoms with E-state index in [2.05, 4.69) is 4.98 Å². The van der Waals surface area contributed by atoms with Gasteiger partial charge >= 0.3 is 0 Å². The molecule has 0 fully saturated rings. The Morgan fingerprint density at radius 1 is 1.29 bits per heavy atom. The van der Waals surface area contributed by atoms with E-state index in [-0.39, 0.29) is 36.1 Å². The van der Waals surface area contributed by atoms with E-state index >= 15 is 0 Å². The molecular formula is C16H22Cl3N3OS. The van der Waals surface area contributed by atoms with Gasteiger partial charge in [-0.2, -0.15) is 0 Å². The highest BCUT2D eigenvalue weighted by atomic mass is 35.5. The Hall–Kier alpha value is -0.850. The molecular weight excluding hydrogens is 389 g/mol. The third-order valence-electron chi connectivity index (χ3n) is 3.38. The molecule has 24 heavy (non-hydrogen) atoms. The number of nitrogens with two attached hydrogens (primary N) is 1. The second-order valence-electron chi connectivity index (χ2n) is 6.07. The van der Waals surface area contributed by atoms with Gasteiger partial charge < -0.3 is 10.6 Å². The highest BCUT2D eigenvalue weighted by Gasteiger charge is 2.23. The van der Waals surface area contributed by atoms with Gasteiger partial charge in [0.1, 0.15) is 10.7 Å². The van der Waals surface area contributed by atoms with E-state index in [4.69, 9.17) is 17.3 Å². The zero-order valence-electron chi connectivity index (χ0n) is 13.8. The second kappa shape index (κ2) is 9.59. The summed E-state index contributed by atoms with van der Waals surface area (Å²) in [4.78, 5) is 18.6. The number of hydrogen-bond acceptors (Lipinski definition) is 4. The molecule has 2 aromatic rings. The lowest BCUT2D eigenvalue weighted by atomic mass is 9.93. The molecule has 0 spiro atoms. The number of nitrogens with zero attached hydrogens (tertiary/aromatic N) is 2. The van der Waals surface area contributed by atoms with Gasteiger partial charge in [-0.05, 0) is 24.1 Å². The van der Waals surface area contributed by atoms with Crippen LogP contribution in [0.3, 0.4) is 0 Å². The van der Waals surface area contributed by atoms with E-state index in [0.717, 1.165) is 10.6 Å². The number of halogens is 3. The number of aromatic nitrogens is 1. The lowest BCUT2D eigenvalue weighted by Crippen LogP contribution is -2.39. The molecule has 0 aliphatic rings. The summed E-state index contributed by atoms with van der Waals surface area (Å²) in [5.74, 6) is -0.0852. The summed E-state index contributed by atoms with van der Waals surface area (Å²) in [7, 11) is 1.78. The van der Waals surface area contributed by atoms with E-state index in [1.54, 1.807) is 17.3 Å². The normalized spacial score (nSPS) is 10.5. The first-order valence-corrected chi connectivity index (χ1v) is 8.25. The lowest BCUT2D eigenvalue weighted by molar-refractivity contribution is 0.0735. The SMILES string of the molecule is CN(CC(C)(C)CN)C(=O)c1csc(-c2ccc(Cl)cc2)n1.Cl.Cl. The van der Waals surface area contributed by atoms with Crippen LogP contribution in [0.4, 0.5) is 0 Å². The number of carbonyl (C=O) groups is 1. The Bertz CT molecular complexity index is 659. The first-order chi connectivity index (χ1) is 10.3. The molecule has 8 heteroatoms. The molecule has 0 unspecified atom stereocenters. The monoisotopic (exact) mass is 409 g/mol. The highest BCUT2D eigenvalue weighted by molar-refractivity contribution is 7.13. The van der Waals surface area contributed by atoms with Crippen molar-refractivity contribution in [3.63, 3.8) is 0 Å². The van der Waals surface area contributed by atoms with E-state index in [0.29, 0.717) is 23.8 Å². The number of amides is 1. The largest absolute Gasteiger partial charge is 0.340 e. The fourth-order valence-corrected chi connectivity index (χ4v) is 3.00. The van der Waals surface area contributed by atoms with Crippen LogP contribution in [0, 0.1) is 5.41 Å². The summed E-state index contributed by atoms with van der Waals surface area (Å²) in [6, 6.07) is 7.43. The minimum Gasteiger partial charge on any atom is -0.340 e. The summed E-state index contributed by atoms with van der Waals surface area (Å²) in [5, 5.41) is 3.28. The van der Waals surface area contributed by atoms with Gasteiger partial charge in [0.05, 0.1) is 0 Å². The molecule has 2 N–H and O–H groups in total. The summed E-state index contributed by atoms with van der Waals surface area (Å²) in [5.41, 5.74) is 7.03. The Morgan fingerprint density at radius 3 is 2.42 bits per heavy atom. The molecule has 0 saturated heterocycles. The summed E-state index contributed by atoms with van der Waals surface area (Å²) in [6.07, 6.45) is 0. The van der Waals surface area contributed by atoms with E-state index in [1.165, 1.54) is 11.3 Å². The number of thiazole rings is 1. The molecule has 0 atom stereocenters. The van der Waals surface area contributed by atoms with Crippen molar-refractivity contribution < 1.29 is 4.79 Å². The maximum absolute atomic E-state index is 12.4. The van der Waals surface area contributed by atoms with Gasteiger partial charge in [-0.25, -0.2) is 4.98 Å². The third kappa shape index (κ3) is 5.90. The Labute approximate surface area is 164 Å². The summed E-state index contributed by atoms with van der Waals surface area (Å²) < 4.78 is 0. The van der Waals surface area contributed by atoms with Gasteiger partial charge in [-0.15, -0.1) is 36.2 Å². The molecule has 2 rings (SSSR count). The van der Waals surface area contributed by atoms with Gasteiger partial charge in [0.2, 0.25) is 0 Å². The average molecular weight is 411 g/mol. The fourth-order valence-electron chi connectivity index (χ4n) is 2.07. The van der Waals surface area contributed by atoms with Crippen molar-refractivity contribution in [3.8, 4) is 10.6 Å². The maximum Gasteiger partial charge on any atom is 0.273 e. The molecule has 0 aliphatic heterocycles. The Morgan fingerprint density at radius 2 is 1.88 bits per heavy atom. The molecule has 4 nitrogen and oxygen atoms in total. The maximum atomic E-state index is 12.4. The number of benzene rings is 1. The van der Waals surface area contributed by atoms with Crippen molar-refractivity contribution in [2.45, 2.75) is 13.8 Å². The van der Waals surface area contributed by atoms with Crippen LogP contribution in [-0.4, -0.2) is 35.9 Å². The molecule has 0 radical (unpaired) electrons. The second-order valence-corrected chi connectivity index (χ2v) is 7.37. The van der Waals surface area contributed by atoms with Crippen molar-refractivity contribution in [3.05, 3.63) is 40.4 Å². The molecule has 0 saturated carbocycles. The predicted octanol–water partition coefficient (Wildman–Crippen LogP) is 4.36. The van der Waals surface area contributed by atoms with E-state index in [9.17, 15) is 4.79 Å². The lowest BCUT2D eigenvalue weighted by Gasteiger charge is -2.28. The minimum absolute atomic E-state index is 0. The first-order valence-electron chi connectivity index (χ1n) is 6.99. The fraction of sp³-hybridized carbons (Fsp3) is 0.375. The topological polar surface area (TPSA) is 59.2 Å². The average Bonchev–Trinajstić information content (AvgIpc) is 2.96. The number of carbonyl (C=O) groups excluding carboxylic acids is 1. The van der Waals surface area contributed by atoms with Crippen molar-refractivity contribution in [1.29, 1.82) is 0 Å². The van der Waals surface area contributed by atoms with Crippen LogP contribution in [0.25, 0.3) is 10.6 Å². The molecule has 0 aliphatic carbocycles. The van der Waals surface area contributed by atoms with Crippen molar-refractivity contribution in [1.82, 2.24) is 9.88 Å². The van der Waals surface area contributed by atoms with E-state index < -0.39 is 0 Å². The predicted molar refractivity (Wildman–Crippen MR) is 107 cm³/mol. The van der Waals surface area contributed by atoms with Crippen LogP contribution < -0.4 is 5.73 Å². The summed E-state index contributed by atoms with van der Waals surface area (Å²) >= 11 is 7.34. The van der Waals surface area contributed by atoms with Crippen molar-refractivity contribution in [2.24, 2.45) is 11.1 Å². The number of rotatable bonds is 5. The standard InChI is InChI=1S/C16H20ClN3OS.2ClH/c1-16(2,9-18)10-20(3)15(21)13-8-22-14(19-13)11-4-6-12(17)7-5-11;;/h4-8H,9-10,18H2,1-3H3;2*1H. The third-order valence-corrected chi connectivity index (χ3v) is 4.52. The molecule has 134 valence electrons. The quantitative estimate of drug-likeness (QED) is 0.796. The molecule has 1 heterocycles. The highest BCUT2D eigenvalue weighted by Crippen LogP contribution is 2.26.